The predicted molar refractivity (Wildman–Crippen MR) is 159 cm³/mol. The molecule has 218 valence electrons. The van der Waals surface area contributed by atoms with E-state index in [1.807, 2.05) is 42.5 Å². The van der Waals surface area contributed by atoms with Crippen LogP contribution in [0.5, 0.6) is 0 Å². The van der Waals surface area contributed by atoms with Crippen molar-refractivity contribution in [2.24, 2.45) is 0 Å². The molecule has 6 rings (SSSR count). The van der Waals surface area contributed by atoms with Gasteiger partial charge in [-0.15, -0.1) is 0 Å². The van der Waals surface area contributed by atoms with Gasteiger partial charge in [0.1, 0.15) is 12.1 Å². The van der Waals surface area contributed by atoms with Gasteiger partial charge in [0.05, 0.1) is 5.54 Å². The van der Waals surface area contributed by atoms with Gasteiger partial charge in [-0.2, -0.15) is 0 Å². The Balaban J connectivity index is 1.04. The normalized spacial score (nSPS) is 18.7. The number of benzene rings is 3. The molecule has 2 fully saturated rings. The Morgan fingerprint density at radius 3 is 1.98 bits per heavy atom. The van der Waals surface area contributed by atoms with Crippen molar-refractivity contribution in [3.8, 4) is 11.1 Å². The van der Waals surface area contributed by atoms with E-state index in [0.717, 1.165) is 35.2 Å². The Morgan fingerprint density at radius 1 is 0.810 bits per heavy atom. The molecule has 0 unspecified atom stereocenters. The molecule has 1 saturated heterocycles. The average Bonchev–Trinajstić information content (AvgIpc) is 3.30. The number of carbonyl (C=O) groups excluding carboxylic acids is 2. The van der Waals surface area contributed by atoms with E-state index < -0.39 is 23.1 Å². The number of hydrogen-bond donors (Lipinski definition) is 3. The first-order valence-corrected chi connectivity index (χ1v) is 14.8. The molecule has 0 radical (unpaired) electrons. The molecular formula is C34H37N3O5. The zero-order valence-electron chi connectivity index (χ0n) is 23.7. The first-order valence-electron chi connectivity index (χ1n) is 14.8. The summed E-state index contributed by atoms with van der Waals surface area (Å²) >= 11 is 0. The number of aliphatic carboxylic acids is 1. The van der Waals surface area contributed by atoms with Crippen LogP contribution in [0.3, 0.4) is 0 Å². The maximum atomic E-state index is 13.2. The molecule has 0 spiro atoms. The molecule has 1 aliphatic heterocycles. The number of nitrogens with one attached hydrogen (secondary N) is 2. The number of rotatable bonds is 9. The number of carbonyl (C=O) groups is 3. The first-order chi connectivity index (χ1) is 20.4. The minimum Gasteiger partial charge on any atom is -0.480 e. The molecule has 42 heavy (non-hydrogen) atoms. The summed E-state index contributed by atoms with van der Waals surface area (Å²) in [6, 6.07) is 26.4. The van der Waals surface area contributed by atoms with Gasteiger partial charge in [-0.05, 0) is 59.9 Å². The molecule has 1 saturated carbocycles. The SMILES string of the molecule is O=C(CC1(NC(=O)OCC2c3ccccc3-c3ccccc32)CCC1)NC1(C(=O)O)CCN(Cc2ccccc2)CC1. The van der Waals surface area contributed by atoms with Crippen molar-refractivity contribution >= 4 is 18.0 Å². The molecule has 8 nitrogen and oxygen atoms in total. The molecule has 3 aromatic carbocycles. The van der Waals surface area contributed by atoms with Crippen LogP contribution in [-0.4, -0.2) is 58.8 Å². The summed E-state index contributed by atoms with van der Waals surface area (Å²) in [4.78, 5) is 40.8. The quantitative estimate of drug-likeness (QED) is 0.333. The fourth-order valence-electron chi connectivity index (χ4n) is 6.75. The van der Waals surface area contributed by atoms with Gasteiger partial charge in [-0.1, -0.05) is 78.9 Å². The third-order valence-corrected chi connectivity index (χ3v) is 9.27. The number of ether oxygens (including phenoxy) is 1. The second-order valence-corrected chi connectivity index (χ2v) is 12.0. The van der Waals surface area contributed by atoms with Crippen molar-refractivity contribution in [3.05, 3.63) is 95.6 Å². The third kappa shape index (κ3) is 5.63. The van der Waals surface area contributed by atoms with Crippen LogP contribution in [0.4, 0.5) is 4.79 Å². The Bertz CT molecular complexity index is 1420. The van der Waals surface area contributed by atoms with Crippen LogP contribution in [0.25, 0.3) is 11.1 Å². The summed E-state index contributed by atoms with van der Waals surface area (Å²) in [6.45, 7) is 2.09. The van der Waals surface area contributed by atoms with Gasteiger partial charge in [-0.3, -0.25) is 9.69 Å². The summed E-state index contributed by atoms with van der Waals surface area (Å²) in [7, 11) is 0. The molecule has 8 heteroatoms. The minimum absolute atomic E-state index is 0.0277. The smallest absolute Gasteiger partial charge is 0.407 e. The van der Waals surface area contributed by atoms with Crippen molar-refractivity contribution in [1.29, 1.82) is 0 Å². The van der Waals surface area contributed by atoms with Crippen molar-refractivity contribution in [2.75, 3.05) is 19.7 Å². The molecular weight excluding hydrogens is 530 g/mol. The first kappa shape index (κ1) is 28.0. The largest absolute Gasteiger partial charge is 0.480 e. The van der Waals surface area contributed by atoms with Gasteiger partial charge < -0.3 is 20.5 Å². The highest BCUT2D eigenvalue weighted by Gasteiger charge is 2.46. The van der Waals surface area contributed by atoms with Crippen LogP contribution in [0.2, 0.25) is 0 Å². The number of hydrogen-bond acceptors (Lipinski definition) is 5. The molecule has 0 bridgehead atoms. The second kappa shape index (κ2) is 11.6. The zero-order chi connectivity index (χ0) is 29.2. The standard InChI is InChI=1S/C34H37N3O5/c38-30(35-34(31(39)40)17-19-37(20-18-34)22-24-9-2-1-3-10-24)21-33(15-8-16-33)36-32(41)42-23-29-27-13-6-4-11-25(27)26-12-5-7-14-28(26)29/h1-7,9-14,29H,8,15-23H2,(H,35,38)(H,36,41)(H,39,40). The number of fused-ring (bicyclic) bond motifs is 3. The fourth-order valence-corrected chi connectivity index (χ4v) is 6.75. The van der Waals surface area contributed by atoms with Crippen molar-refractivity contribution in [3.63, 3.8) is 0 Å². The Morgan fingerprint density at radius 2 is 1.40 bits per heavy atom. The Kier molecular flexibility index (Phi) is 7.73. The van der Waals surface area contributed by atoms with Crippen LogP contribution in [-0.2, 0) is 20.9 Å². The number of likely N-dealkylation sites (tertiary alicyclic amines) is 1. The van der Waals surface area contributed by atoms with Gasteiger partial charge in [0.25, 0.3) is 0 Å². The lowest BCUT2D eigenvalue weighted by atomic mass is 9.74. The topological polar surface area (TPSA) is 108 Å². The molecule has 1 heterocycles. The Labute approximate surface area is 246 Å². The predicted octanol–water partition coefficient (Wildman–Crippen LogP) is 5.07. The van der Waals surface area contributed by atoms with Gasteiger partial charge in [0, 0.05) is 32.0 Å². The highest BCUT2D eigenvalue weighted by atomic mass is 16.5. The molecule has 0 aromatic heterocycles. The fraction of sp³-hybridized carbons (Fsp3) is 0.382. The Hall–Kier alpha value is -4.17. The van der Waals surface area contributed by atoms with E-state index in [1.165, 1.54) is 5.56 Å². The number of carboxylic acids is 1. The number of amides is 2. The van der Waals surface area contributed by atoms with Crippen LogP contribution in [0.15, 0.2) is 78.9 Å². The van der Waals surface area contributed by atoms with E-state index in [1.54, 1.807) is 0 Å². The molecule has 2 amide bonds. The van der Waals surface area contributed by atoms with Gasteiger partial charge in [0.15, 0.2) is 0 Å². The van der Waals surface area contributed by atoms with Crippen molar-refractivity contribution in [1.82, 2.24) is 15.5 Å². The minimum atomic E-state index is -1.31. The highest BCUT2D eigenvalue weighted by Crippen LogP contribution is 2.44. The lowest BCUT2D eigenvalue weighted by molar-refractivity contribution is -0.150. The number of piperidine rings is 1. The number of alkyl carbamates (subject to hydrolysis) is 1. The van der Waals surface area contributed by atoms with Crippen LogP contribution < -0.4 is 10.6 Å². The van der Waals surface area contributed by atoms with Crippen LogP contribution in [0, 0.1) is 0 Å². The van der Waals surface area contributed by atoms with Crippen LogP contribution >= 0.6 is 0 Å². The third-order valence-electron chi connectivity index (χ3n) is 9.27. The molecule has 0 atom stereocenters. The second-order valence-electron chi connectivity index (χ2n) is 12.0. The van der Waals surface area contributed by atoms with Crippen molar-refractivity contribution < 1.29 is 24.2 Å². The van der Waals surface area contributed by atoms with E-state index in [0.29, 0.717) is 38.8 Å². The van der Waals surface area contributed by atoms with Gasteiger partial charge in [-0.25, -0.2) is 9.59 Å². The summed E-state index contributed by atoms with van der Waals surface area (Å²) in [5.41, 5.74) is 3.74. The number of nitrogens with zero attached hydrogens (tertiary/aromatic N) is 1. The lowest BCUT2D eigenvalue weighted by Gasteiger charge is -2.43. The molecule has 2 aliphatic carbocycles. The van der Waals surface area contributed by atoms with Gasteiger partial charge >= 0.3 is 12.1 Å². The maximum Gasteiger partial charge on any atom is 0.407 e. The zero-order valence-corrected chi connectivity index (χ0v) is 23.7. The summed E-state index contributed by atoms with van der Waals surface area (Å²) in [5.74, 6) is -1.41. The van der Waals surface area contributed by atoms with E-state index in [9.17, 15) is 19.5 Å². The summed E-state index contributed by atoms with van der Waals surface area (Å²) in [5, 5.41) is 15.9. The van der Waals surface area contributed by atoms with Crippen LogP contribution in [0.1, 0.15) is 61.1 Å². The van der Waals surface area contributed by atoms with Crippen molar-refractivity contribution in [2.45, 2.75) is 62.1 Å². The molecule has 3 N–H and O–H groups in total. The van der Waals surface area contributed by atoms with E-state index in [4.69, 9.17) is 4.74 Å². The maximum absolute atomic E-state index is 13.2. The van der Waals surface area contributed by atoms with E-state index >= 15 is 0 Å². The summed E-state index contributed by atoms with van der Waals surface area (Å²) < 4.78 is 5.74. The van der Waals surface area contributed by atoms with E-state index in [2.05, 4.69) is 51.9 Å². The van der Waals surface area contributed by atoms with Gasteiger partial charge in [0.2, 0.25) is 5.91 Å². The average molecular weight is 568 g/mol. The lowest BCUT2D eigenvalue weighted by Crippen LogP contribution is -2.62. The highest BCUT2D eigenvalue weighted by molar-refractivity contribution is 5.88. The monoisotopic (exact) mass is 567 g/mol. The number of carboxylic acid groups (broad SMARTS) is 1. The van der Waals surface area contributed by atoms with E-state index in [-0.39, 0.29) is 24.9 Å². The summed E-state index contributed by atoms with van der Waals surface area (Å²) in [6.07, 6.45) is 2.31. The molecule has 3 aromatic rings. The molecule has 3 aliphatic rings.